The number of aromatic hydroxyl groups is 1. The van der Waals surface area contributed by atoms with E-state index >= 15 is 0 Å². The van der Waals surface area contributed by atoms with Gasteiger partial charge in [-0.3, -0.25) is 9.59 Å². The van der Waals surface area contributed by atoms with Crippen molar-refractivity contribution in [3.05, 3.63) is 29.8 Å². The Morgan fingerprint density at radius 2 is 1.96 bits per heavy atom. The number of hydrogen-bond acceptors (Lipinski definition) is 5. The summed E-state index contributed by atoms with van der Waals surface area (Å²) in [5.41, 5.74) is 0.837. The number of nitrogens with zero attached hydrogens (tertiary/aromatic N) is 3. The van der Waals surface area contributed by atoms with Crippen molar-refractivity contribution < 1.29 is 19.5 Å². The van der Waals surface area contributed by atoms with Gasteiger partial charge in [-0.2, -0.15) is 0 Å². The van der Waals surface area contributed by atoms with E-state index in [0.29, 0.717) is 0 Å². The molecule has 2 fully saturated rings. The van der Waals surface area contributed by atoms with Gasteiger partial charge < -0.3 is 20.6 Å². The largest absolute Gasteiger partial charge is 0.508 e. The summed E-state index contributed by atoms with van der Waals surface area (Å²) >= 11 is 0. The Bertz CT molecular complexity index is 692. The van der Waals surface area contributed by atoms with Crippen LogP contribution >= 0.6 is 0 Å². The van der Waals surface area contributed by atoms with Crippen LogP contribution in [0.4, 0.5) is 4.79 Å². The first-order valence-electron chi connectivity index (χ1n) is 8.01. The van der Waals surface area contributed by atoms with Crippen LogP contribution in [0.2, 0.25) is 0 Å². The topological polar surface area (TPSA) is 105 Å². The van der Waals surface area contributed by atoms with Gasteiger partial charge in [-0.15, -0.1) is 0 Å². The molecular weight excluding hydrogens is 326 g/mol. The summed E-state index contributed by atoms with van der Waals surface area (Å²) in [5.74, 6) is -0.255. The van der Waals surface area contributed by atoms with Crippen LogP contribution in [-0.2, 0) is 16.1 Å². The first-order chi connectivity index (χ1) is 11.9. The van der Waals surface area contributed by atoms with E-state index < -0.39 is 6.17 Å². The molecule has 0 aliphatic carbocycles. The van der Waals surface area contributed by atoms with Crippen molar-refractivity contribution in [2.24, 2.45) is 0 Å². The average Bonchev–Trinajstić information content (AvgIpc) is 2.55. The van der Waals surface area contributed by atoms with Crippen molar-refractivity contribution in [3.8, 4) is 5.75 Å². The fraction of sp³-hybridized carbons (Fsp3) is 0.438. The van der Waals surface area contributed by atoms with Crippen LogP contribution in [0.15, 0.2) is 24.3 Å². The number of urea groups is 1. The SMILES string of the molecule is CC1NC(=O)CN2C(=O)CN(C)N(C(=O)NCc3ccc(O)cc3)C12. The van der Waals surface area contributed by atoms with Crippen molar-refractivity contribution in [2.45, 2.75) is 25.7 Å². The van der Waals surface area contributed by atoms with E-state index in [9.17, 15) is 19.5 Å². The molecule has 2 heterocycles. The van der Waals surface area contributed by atoms with Gasteiger partial charge in [0.25, 0.3) is 0 Å². The summed E-state index contributed by atoms with van der Waals surface area (Å²) in [4.78, 5) is 38.1. The lowest BCUT2D eigenvalue weighted by atomic mass is 10.1. The third-order valence-corrected chi connectivity index (χ3v) is 4.36. The predicted octanol–water partition coefficient (Wildman–Crippen LogP) is -0.563. The van der Waals surface area contributed by atoms with E-state index in [-0.39, 0.29) is 49.3 Å². The molecule has 0 aromatic heterocycles. The Morgan fingerprint density at radius 1 is 1.28 bits per heavy atom. The lowest BCUT2D eigenvalue weighted by Gasteiger charge is -2.51. The number of phenolic OH excluding ortho intramolecular Hbond substituents is 1. The second-order valence-corrected chi connectivity index (χ2v) is 6.28. The smallest absolute Gasteiger partial charge is 0.334 e. The monoisotopic (exact) mass is 347 g/mol. The Balaban J connectivity index is 1.74. The standard InChI is InChI=1S/C16H21N5O4/c1-10-15-20(8-13(23)18-10)14(24)9-19(2)21(15)16(25)17-7-11-3-5-12(22)6-4-11/h3-6,10,15,22H,7-9H2,1-2H3,(H,17,25)(H,18,23). The van der Waals surface area contributed by atoms with E-state index in [2.05, 4.69) is 10.6 Å². The van der Waals surface area contributed by atoms with Crippen LogP contribution in [0.5, 0.6) is 5.75 Å². The van der Waals surface area contributed by atoms with E-state index in [1.54, 1.807) is 43.2 Å². The maximum absolute atomic E-state index is 12.7. The Hall–Kier alpha value is -2.81. The number of phenols is 1. The number of amides is 4. The zero-order valence-electron chi connectivity index (χ0n) is 14.1. The molecule has 3 rings (SSSR count). The summed E-state index contributed by atoms with van der Waals surface area (Å²) in [6.07, 6.45) is -0.566. The summed E-state index contributed by atoms with van der Waals surface area (Å²) in [6, 6.07) is 5.79. The predicted molar refractivity (Wildman–Crippen MR) is 87.9 cm³/mol. The van der Waals surface area contributed by atoms with Crippen molar-refractivity contribution >= 4 is 17.8 Å². The van der Waals surface area contributed by atoms with Crippen LogP contribution in [0.1, 0.15) is 12.5 Å². The summed E-state index contributed by atoms with van der Waals surface area (Å²) in [5, 5.41) is 17.9. The van der Waals surface area contributed by atoms with Crippen molar-refractivity contribution in [3.63, 3.8) is 0 Å². The molecule has 2 saturated heterocycles. The third-order valence-electron chi connectivity index (χ3n) is 4.36. The van der Waals surface area contributed by atoms with Gasteiger partial charge in [0, 0.05) is 13.6 Å². The van der Waals surface area contributed by atoms with Crippen LogP contribution in [0, 0.1) is 0 Å². The second kappa shape index (κ2) is 6.60. The average molecular weight is 347 g/mol. The Morgan fingerprint density at radius 3 is 2.64 bits per heavy atom. The van der Waals surface area contributed by atoms with E-state index in [4.69, 9.17) is 0 Å². The first kappa shape index (κ1) is 17.0. The van der Waals surface area contributed by atoms with E-state index in [1.165, 1.54) is 9.91 Å². The van der Waals surface area contributed by atoms with Gasteiger partial charge in [0.2, 0.25) is 11.8 Å². The zero-order valence-corrected chi connectivity index (χ0v) is 14.1. The number of nitrogens with one attached hydrogen (secondary N) is 2. The number of likely N-dealkylation sites (N-methyl/N-ethyl adjacent to an activating group) is 1. The highest BCUT2D eigenvalue weighted by Gasteiger charge is 2.46. The molecule has 3 N–H and O–H groups in total. The molecule has 9 heteroatoms. The number of hydrogen-bond donors (Lipinski definition) is 3. The Labute approximate surface area is 145 Å². The quantitative estimate of drug-likeness (QED) is 0.665. The molecule has 2 atom stereocenters. The third kappa shape index (κ3) is 3.36. The van der Waals surface area contributed by atoms with Crippen LogP contribution in [-0.4, -0.2) is 70.2 Å². The minimum atomic E-state index is -0.566. The first-order valence-corrected chi connectivity index (χ1v) is 8.01. The van der Waals surface area contributed by atoms with Gasteiger partial charge in [-0.05, 0) is 24.6 Å². The summed E-state index contributed by atoms with van der Waals surface area (Å²) in [6.45, 7) is 2.03. The maximum Gasteiger partial charge on any atom is 0.334 e. The number of carbonyl (C=O) groups excluding carboxylic acids is 3. The van der Waals surface area contributed by atoms with Crippen molar-refractivity contribution in [1.29, 1.82) is 0 Å². The molecule has 1 aromatic rings. The fourth-order valence-electron chi connectivity index (χ4n) is 3.18. The molecular formula is C16H21N5O4. The number of rotatable bonds is 2. The highest BCUT2D eigenvalue weighted by atomic mass is 16.3. The molecule has 2 unspecified atom stereocenters. The molecule has 0 saturated carbocycles. The second-order valence-electron chi connectivity index (χ2n) is 6.28. The molecule has 1 aromatic carbocycles. The van der Waals surface area contributed by atoms with Crippen molar-refractivity contribution in [2.75, 3.05) is 20.1 Å². The number of fused-ring (bicyclic) bond motifs is 1. The lowest BCUT2D eigenvalue weighted by molar-refractivity contribution is -0.174. The van der Waals surface area contributed by atoms with Crippen LogP contribution < -0.4 is 10.6 Å². The normalized spacial score (nSPS) is 23.9. The van der Waals surface area contributed by atoms with Gasteiger partial charge in [0.15, 0.2) is 0 Å². The maximum atomic E-state index is 12.7. The highest BCUT2D eigenvalue weighted by Crippen LogP contribution is 2.21. The summed E-state index contributed by atoms with van der Waals surface area (Å²) < 4.78 is 0. The highest BCUT2D eigenvalue weighted by molar-refractivity contribution is 5.89. The van der Waals surface area contributed by atoms with E-state index in [0.717, 1.165) is 5.56 Å². The zero-order chi connectivity index (χ0) is 18.1. The lowest BCUT2D eigenvalue weighted by Crippen LogP contribution is -2.75. The number of piperazine rings is 1. The molecule has 4 amide bonds. The van der Waals surface area contributed by atoms with Crippen LogP contribution in [0.25, 0.3) is 0 Å². The molecule has 2 aliphatic heterocycles. The number of benzene rings is 1. The molecule has 9 nitrogen and oxygen atoms in total. The van der Waals surface area contributed by atoms with Gasteiger partial charge in [-0.25, -0.2) is 14.8 Å². The van der Waals surface area contributed by atoms with Crippen LogP contribution in [0.3, 0.4) is 0 Å². The van der Waals surface area contributed by atoms with Gasteiger partial charge in [0.1, 0.15) is 18.5 Å². The molecule has 0 spiro atoms. The fourth-order valence-corrected chi connectivity index (χ4v) is 3.18. The number of carbonyl (C=O) groups is 3. The number of hydrazine groups is 1. The summed E-state index contributed by atoms with van der Waals surface area (Å²) in [7, 11) is 1.67. The van der Waals surface area contributed by atoms with E-state index in [1.807, 2.05) is 0 Å². The molecule has 0 radical (unpaired) electrons. The van der Waals surface area contributed by atoms with Gasteiger partial charge in [0.05, 0.1) is 12.6 Å². The van der Waals surface area contributed by atoms with Crippen molar-refractivity contribution in [1.82, 2.24) is 25.6 Å². The molecule has 25 heavy (non-hydrogen) atoms. The molecule has 0 bridgehead atoms. The van der Waals surface area contributed by atoms with Gasteiger partial charge in [-0.1, -0.05) is 12.1 Å². The molecule has 2 aliphatic rings. The Kier molecular flexibility index (Phi) is 4.49. The minimum Gasteiger partial charge on any atom is -0.508 e. The van der Waals surface area contributed by atoms with Gasteiger partial charge >= 0.3 is 6.03 Å². The molecule has 134 valence electrons. The minimum absolute atomic E-state index is 0.0309.